The number of amides is 1. The Kier molecular flexibility index (Phi) is 5.40. The minimum atomic E-state index is 0.0199. The molecule has 3 heteroatoms. The van der Waals surface area contributed by atoms with Crippen molar-refractivity contribution in [3.63, 3.8) is 0 Å². The minimum Gasteiger partial charge on any atom is -0.342 e. The van der Waals surface area contributed by atoms with Crippen LogP contribution in [-0.4, -0.2) is 23.9 Å². The molecule has 1 amide bonds. The zero-order valence-electron chi connectivity index (χ0n) is 13.1. The van der Waals surface area contributed by atoms with E-state index in [-0.39, 0.29) is 11.9 Å². The zero-order chi connectivity index (χ0) is 14.6. The van der Waals surface area contributed by atoms with Gasteiger partial charge in [-0.15, -0.1) is 0 Å². The highest BCUT2D eigenvalue weighted by Gasteiger charge is 2.33. The molecule has 0 spiro atoms. The minimum absolute atomic E-state index is 0.0199. The van der Waals surface area contributed by atoms with Gasteiger partial charge < -0.3 is 4.90 Å². The molecule has 0 aliphatic heterocycles. The second-order valence-electron chi connectivity index (χ2n) is 7.20. The van der Waals surface area contributed by atoms with Gasteiger partial charge in [0, 0.05) is 19.5 Å². The fraction of sp³-hybridized carbons (Fsp3) is 0.875. The molecule has 1 fully saturated rings. The molecule has 0 saturated heterocycles. The predicted octanol–water partition coefficient (Wildman–Crippen LogP) is 3.60. The Morgan fingerprint density at radius 3 is 2.63 bits per heavy atom. The maximum Gasteiger partial charge on any atom is 0.222 e. The largest absolute Gasteiger partial charge is 0.342 e. The third-order valence-electron chi connectivity index (χ3n) is 4.38. The summed E-state index contributed by atoms with van der Waals surface area (Å²) in [5, 5.41) is 8.70. The molecule has 0 aromatic rings. The van der Waals surface area contributed by atoms with Crippen LogP contribution in [0.1, 0.15) is 59.8 Å². The Bertz CT molecular complexity index is 356. The van der Waals surface area contributed by atoms with Crippen molar-refractivity contribution < 1.29 is 4.79 Å². The molecular weight excluding hydrogens is 236 g/mol. The van der Waals surface area contributed by atoms with Crippen LogP contribution in [-0.2, 0) is 4.79 Å². The SMILES string of the molecule is C[C@@H]1C[C@H](CC(=O)N(C)[C@@H](C)CC#N)CC(C)(C)C1. The number of nitrogens with zero attached hydrogens (tertiary/aromatic N) is 2. The molecule has 3 nitrogen and oxygen atoms in total. The molecule has 1 aliphatic rings. The number of nitriles is 1. The van der Waals surface area contributed by atoms with Crippen LogP contribution in [0, 0.1) is 28.6 Å². The lowest BCUT2D eigenvalue weighted by Gasteiger charge is -2.39. The molecule has 19 heavy (non-hydrogen) atoms. The highest BCUT2D eigenvalue weighted by atomic mass is 16.2. The molecule has 1 rings (SSSR count). The van der Waals surface area contributed by atoms with Crippen LogP contribution in [0.5, 0.6) is 0 Å². The monoisotopic (exact) mass is 264 g/mol. The molecular formula is C16H28N2O. The Morgan fingerprint density at radius 2 is 2.11 bits per heavy atom. The van der Waals surface area contributed by atoms with E-state index in [2.05, 4.69) is 26.8 Å². The number of carbonyl (C=O) groups excluding carboxylic acids is 1. The zero-order valence-corrected chi connectivity index (χ0v) is 13.1. The molecule has 1 saturated carbocycles. The van der Waals surface area contributed by atoms with Crippen LogP contribution in [0.15, 0.2) is 0 Å². The van der Waals surface area contributed by atoms with Gasteiger partial charge in [-0.1, -0.05) is 20.8 Å². The summed E-state index contributed by atoms with van der Waals surface area (Å²) in [6.45, 7) is 8.85. The highest BCUT2D eigenvalue weighted by molar-refractivity contribution is 5.76. The summed E-state index contributed by atoms with van der Waals surface area (Å²) < 4.78 is 0. The average Bonchev–Trinajstić information content (AvgIpc) is 2.25. The van der Waals surface area contributed by atoms with Crippen LogP contribution < -0.4 is 0 Å². The first-order valence-corrected chi connectivity index (χ1v) is 7.38. The predicted molar refractivity (Wildman–Crippen MR) is 77.4 cm³/mol. The Morgan fingerprint density at radius 1 is 1.47 bits per heavy atom. The fourth-order valence-electron chi connectivity index (χ4n) is 3.61. The van der Waals surface area contributed by atoms with Gasteiger partial charge in [0.25, 0.3) is 0 Å². The van der Waals surface area contributed by atoms with Gasteiger partial charge in [-0.2, -0.15) is 5.26 Å². The lowest BCUT2D eigenvalue weighted by molar-refractivity contribution is -0.133. The molecule has 0 heterocycles. The molecule has 108 valence electrons. The van der Waals surface area contributed by atoms with E-state index in [9.17, 15) is 4.79 Å². The van der Waals surface area contributed by atoms with Crippen molar-refractivity contribution in [3.05, 3.63) is 0 Å². The number of hydrogen-bond acceptors (Lipinski definition) is 2. The van der Waals surface area contributed by atoms with Crippen molar-refractivity contribution in [2.45, 2.75) is 65.8 Å². The van der Waals surface area contributed by atoms with Crippen LogP contribution >= 0.6 is 0 Å². The summed E-state index contributed by atoms with van der Waals surface area (Å²) in [4.78, 5) is 14.0. The number of carbonyl (C=O) groups is 1. The highest BCUT2D eigenvalue weighted by Crippen LogP contribution is 2.42. The first-order valence-electron chi connectivity index (χ1n) is 7.38. The van der Waals surface area contributed by atoms with E-state index in [0.717, 1.165) is 12.8 Å². The van der Waals surface area contributed by atoms with E-state index in [1.165, 1.54) is 6.42 Å². The molecule has 0 unspecified atom stereocenters. The van der Waals surface area contributed by atoms with Crippen molar-refractivity contribution in [3.8, 4) is 6.07 Å². The topological polar surface area (TPSA) is 44.1 Å². The van der Waals surface area contributed by atoms with Gasteiger partial charge in [0.15, 0.2) is 0 Å². The van der Waals surface area contributed by atoms with Crippen LogP contribution in [0.4, 0.5) is 0 Å². The normalized spacial score (nSPS) is 27.4. The first-order chi connectivity index (χ1) is 8.75. The van der Waals surface area contributed by atoms with Crippen molar-refractivity contribution in [1.29, 1.82) is 5.26 Å². The van der Waals surface area contributed by atoms with Gasteiger partial charge in [-0.3, -0.25) is 4.79 Å². The van der Waals surface area contributed by atoms with Crippen LogP contribution in [0.3, 0.4) is 0 Å². The molecule has 1 aliphatic carbocycles. The molecule has 0 bridgehead atoms. The van der Waals surface area contributed by atoms with Gasteiger partial charge in [-0.05, 0) is 43.4 Å². The number of hydrogen-bond donors (Lipinski definition) is 0. The summed E-state index contributed by atoms with van der Waals surface area (Å²) in [6.07, 6.45) is 4.62. The van der Waals surface area contributed by atoms with E-state index in [0.29, 0.717) is 30.1 Å². The third kappa shape index (κ3) is 4.86. The first kappa shape index (κ1) is 16.0. The van der Waals surface area contributed by atoms with E-state index in [1.807, 2.05) is 14.0 Å². The van der Waals surface area contributed by atoms with Crippen molar-refractivity contribution in [1.82, 2.24) is 4.90 Å². The summed E-state index contributed by atoms with van der Waals surface area (Å²) in [5.41, 5.74) is 0.361. The summed E-state index contributed by atoms with van der Waals surface area (Å²) in [6, 6.07) is 2.15. The van der Waals surface area contributed by atoms with Gasteiger partial charge in [-0.25, -0.2) is 0 Å². The van der Waals surface area contributed by atoms with E-state index in [1.54, 1.807) is 4.90 Å². The Balaban J connectivity index is 2.54. The van der Waals surface area contributed by atoms with Gasteiger partial charge in [0.05, 0.1) is 12.5 Å². The maximum atomic E-state index is 12.3. The second-order valence-corrected chi connectivity index (χ2v) is 7.20. The smallest absolute Gasteiger partial charge is 0.222 e. The molecule has 0 aromatic heterocycles. The van der Waals surface area contributed by atoms with E-state index < -0.39 is 0 Å². The van der Waals surface area contributed by atoms with Gasteiger partial charge in [0.1, 0.15) is 0 Å². The van der Waals surface area contributed by atoms with Crippen molar-refractivity contribution in [2.75, 3.05) is 7.05 Å². The average molecular weight is 264 g/mol. The van der Waals surface area contributed by atoms with Crippen LogP contribution in [0.25, 0.3) is 0 Å². The molecule has 0 radical (unpaired) electrons. The summed E-state index contributed by atoms with van der Waals surface area (Å²) in [5.74, 6) is 1.41. The molecule has 3 atom stereocenters. The van der Waals surface area contributed by atoms with E-state index >= 15 is 0 Å². The Hall–Kier alpha value is -1.04. The summed E-state index contributed by atoms with van der Waals surface area (Å²) >= 11 is 0. The lowest BCUT2D eigenvalue weighted by atomic mass is 9.67. The molecule has 0 aromatic carbocycles. The fourth-order valence-corrected chi connectivity index (χ4v) is 3.61. The molecule has 0 N–H and O–H groups in total. The Labute approximate surface area is 118 Å². The van der Waals surface area contributed by atoms with Crippen molar-refractivity contribution in [2.24, 2.45) is 17.3 Å². The number of rotatable bonds is 4. The quantitative estimate of drug-likeness (QED) is 0.778. The maximum absolute atomic E-state index is 12.3. The van der Waals surface area contributed by atoms with Crippen LogP contribution in [0.2, 0.25) is 0 Å². The third-order valence-corrected chi connectivity index (χ3v) is 4.38. The van der Waals surface area contributed by atoms with E-state index in [4.69, 9.17) is 5.26 Å². The van der Waals surface area contributed by atoms with Gasteiger partial charge >= 0.3 is 0 Å². The summed E-state index contributed by atoms with van der Waals surface area (Å²) in [7, 11) is 1.82. The van der Waals surface area contributed by atoms with Gasteiger partial charge in [0.2, 0.25) is 5.91 Å². The lowest BCUT2D eigenvalue weighted by Crippen LogP contribution is -2.37. The second kappa shape index (κ2) is 6.41. The van der Waals surface area contributed by atoms with Crippen molar-refractivity contribution >= 4 is 5.91 Å². The standard InChI is InChI=1S/C16H28N2O/c1-12-8-14(11-16(3,4)10-12)9-15(19)18(5)13(2)6-7-17/h12-14H,6,8-11H2,1-5H3/t12-,13+,14-/m1/s1.